The highest BCUT2D eigenvalue weighted by Gasteiger charge is 1.87. The average Bonchev–Trinajstić information content (AvgIpc) is 2.15. The first-order valence-corrected chi connectivity index (χ1v) is 5.14. The monoisotopic (exact) mass is 194 g/mol. The Balaban J connectivity index is 0.000000364. The van der Waals surface area contributed by atoms with E-state index in [0.717, 1.165) is 18.9 Å². The third-order valence-electron chi connectivity index (χ3n) is 1.40. The fourth-order valence-electron chi connectivity index (χ4n) is 0.861. The second-order valence-electron chi connectivity index (χ2n) is 3.92. The summed E-state index contributed by atoms with van der Waals surface area (Å²) in [7, 11) is 0. The summed E-state index contributed by atoms with van der Waals surface area (Å²) < 4.78 is 0. The Morgan fingerprint density at radius 1 is 1.14 bits per heavy atom. The van der Waals surface area contributed by atoms with Gasteiger partial charge in [0.05, 0.1) is 0 Å². The lowest BCUT2D eigenvalue weighted by Gasteiger charge is -1.97. The van der Waals surface area contributed by atoms with Crippen molar-refractivity contribution >= 4 is 0 Å². The Hall–Kier alpha value is -0.860. The molecule has 0 radical (unpaired) electrons. The van der Waals surface area contributed by atoms with Crippen molar-refractivity contribution in [3.63, 3.8) is 0 Å². The van der Waals surface area contributed by atoms with Gasteiger partial charge in [0, 0.05) is 6.54 Å². The number of rotatable bonds is 3. The van der Waals surface area contributed by atoms with Gasteiger partial charge in [-0.1, -0.05) is 51.1 Å². The summed E-state index contributed by atoms with van der Waals surface area (Å²) in [5.74, 6) is 5.96. The van der Waals surface area contributed by atoms with E-state index in [1.165, 1.54) is 5.56 Å². The summed E-state index contributed by atoms with van der Waals surface area (Å²) in [6.07, 6.45) is 0.997. The predicted octanol–water partition coefficient (Wildman–Crippen LogP) is 2.35. The summed E-state index contributed by atoms with van der Waals surface area (Å²) in [4.78, 5) is 0. The first kappa shape index (κ1) is 13.1. The molecule has 0 aliphatic rings. The minimum atomic E-state index is 0.833. The van der Waals surface area contributed by atoms with Gasteiger partial charge in [-0.15, -0.1) is 0 Å². The molecular weight excluding hydrogens is 172 g/mol. The molecule has 1 rings (SSSR count). The van der Waals surface area contributed by atoms with E-state index in [1.807, 2.05) is 18.2 Å². The van der Waals surface area contributed by atoms with Gasteiger partial charge in [-0.3, -0.25) is 11.3 Å². The molecule has 1 aromatic carbocycles. The fraction of sp³-hybridized carbons (Fsp3) is 0.500. The summed E-state index contributed by atoms with van der Waals surface area (Å²) in [6.45, 7) is 7.34. The Morgan fingerprint density at radius 3 is 2.07 bits per heavy atom. The topological polar surface area (TPSA) is 38.0 Å². The Bertz CT molecular complexity index is 204. The van der Waals surface area contributed by atoms with Crippen molar-refractivity contribution in [3.05, 3.63) is 35.9 Å². The normalized spacial score (nSPS) is 9.50. The van der Waals surface area contributed by atoms with E-state index in [9.17, 15) is 0 Å². The van der Waals surface area contributed by atoms with E-state index >= 15 is 0 Å². The van der Waals surface area contributed by atoms with Crippen LogP contribution in [0.2, 0.25) is 0 Å². The SMILES string of the molecule is CC(C)C.NNCCc1ccccc1. The molecular formula is C12H22N2. The standard InChI is InChI=1S/C8H12N2.C4H10/c9-10-7-6-8-4-2-1-3-5-8;1-4(2)3/h1-5,10H,6-7,9H2;4H,1-3H3. The molecule has 0 fully saturated rings. The van der Waals surface area contributed by atoms with Gasteiger partial charge in [0.25, 0.3) is 0 Å². The fourth-order valence-corrected chi connectivity index (χ4v) is 0.861. The van der Waals surface area contributed by atoms with Crippen molar-refractivity contribution in [2.45, 2.75) is 27.2 Å². The molecule has 0 amide bonds. The minimum absolute atomic E-state index is 0.833. The summed E-state index contributed by atoms with van der Waals surface area (Å²) in [5.41, 5.74) is 3.94. The number of hydrogen-bond acceptors (Lipinski definition) is 2. The van der Waals surface area contributed by atoms with Gasteiger partial charge < -0.3 is 0 Å². The van der Waals surface area contributed by atoms with Gasteiger partial charge in [-0.25, -0.2) is 0 Å². The van der Waals surface area contributed by atoms with Crippen LogP contribution in [-0.4, -0.2) is 6.54 Å². The first-order valence-electron chi connectivity index (χ1n) is 5.14. The van der Waals surface area contributed by atoms with Crippen LogP contribution in [0.3, 0.4) is 0 Å². The van der Waals surface area contributed by atoms with E-state index in [0.29, 0.717) is 0 Å². The van der Waals surface area contributed by atoms with Crippen LogP contribution in [0, 0.1) is 5.92 Å². The van der Waals surface area contributed by atoms with Gasteiger partial charge in [0.2, 0.25) is 0 Å². The molecule has 0 saturated carbocycles. The second kappa shape index (κ2) is 8.73. The molecule has 0 unspecified atom stereocenters. The van der Waals surface area contributed by atoms with E-state index < -0.39 is 0 Å². The molecule has 0 aliphatic carbocycles. The van der Waals surface area contributed by atoms with Crippen LogP contribution in [0.4, 0.5) is 0 Å². The molecule has 80 valence electrons. The van der Waals surface area contributed by atoms with Gasteiger partial charge >= 0.3 is 0 Å². The predicted molar refractivity (Wildman–Crippen MR) is 62.8 cm³/mol. The maximum Gasteiger partial charge on any atom is 0.0138 e. The van der Waals surface area contributed by atoms with Gasteiger partial charge in [0.1, 0.15) is 0 Å². The summed E-state index contributed by atoms with van der Waals surface area (Å²) in [5, 5.41) is 0. The molecule has 0 bridgehead atoms. The summed E-state index contributed by atoms with van der Waals surface area (Å²) >= 11 is 0. The van der Waals surface area contributed by atoms with Crippen LogP contribution < -0.4 is 11.3 Å². The molecule has 0 saturated heterocycles. The lowest BCUT2D eigenvalue weighted by Crippen LogP contribution is -2.24. The third kappa shape index (κ3) is 9.23. The van der Waals surface area contributed by atoms with Crippen molar-refractivity contribution in [2.75, 3.05) is 6.54 Å². The zero-order chi connectivity index (χ0) is 10.8. The maximum atomic E-state index is 5.13. The molecule has 3 N–H and O–H groups in total. The summed E-state index contributed by atoms with van der Waals surface area (Å²) in [6, 6.07) is 10.3. The number of nitrogens with one attached hydrogen (secondary N) is 1. The number of benzene rings is 1. The van der Waals surface area contributed by atoms with Crippen LogP contribution in [0.1, 0.15) is 26.3 Å². The molecule has 0 heterocycles. The van der Waals surface area contributed by atoms with E-state index in [-0.39, 0.29) is 0 Å². The molecule has 0 aromatic heterocycles. The maximum absolute atomic E-state index is 5.13. The van der Waals surface area contributed by atoms with Crippen molar-refractivity contribution in [1.82, 2.24) is 5.43 Å². The van der Waals surface area contributed by atoms with Crippen molar-refractivity contribution < 1.29 is 0 Å². The second-order valence-corrected chi connectivity index (χ2v) is 3.92. The van der Waals surface area contributed by atoms with Crippen molar-refractivity contribution in [2.24, 2.45) is 11.8 Å². The van der Waals surface area contributed by atoms with Crippen LogP contribution >= 0.6 is 0 Å². The Morgan fingerprint density at radius 2 is 1.64 bits per heavy atom. The zero-order valence-electron chi connectivity index (χ0n) is 9.46. The molecule has 1 aromatic rings. The molecule has 0 spiro atoms. The highest BCUT2D eigenvalue weighted by atomic mass is 15.2. The lowest BCUT2D eigenvalue weighted by molar-refractivity contribution is 0.728. The van der Waals surface area contributed by atoms with E-state index in [1.54, 1.807) is 0 Å². The Kier molecular flexibility index (Phi) is 8.19. The van der Waals surface area contributed by atoms with Crippen LogP contribution in [-0.2, 0) is 6.42 Å². The van der Waals surface area contributed by atoms with Crippen LogP contribution in [0.5, 0.6) is 0 Å². The van der Waals surface area contributed by atoms with Gasteiger partial charge in [0.15, 0.2) is 0 Å². The first-order chi connectivity index (χ1) is 6.66. The third-order valence-corrected chi connectivity index (χ3v) is 1.40. The van der Waals surface area contributed by atoms with Crippen LogP contribution in [0.15, 0.2) is 30.3 Å². The molecule has 2 nitrogen and oxygen atoms in total. The smallest absolute Gasteiger partial charge is 0.0138 e. The van der Waals surface area contributed by atoms with E-state index in [4.69, 9.17) is 5.84 Å². The number of hydrazine groups is 1. The zero-order valence-corrected chi connectivity index (χ0v) is 9.46. The van der Waals surface area contributed by atoms with Gasteiger partial charge in [-0.05, 0) is 17.9 Å². The molecule has 14 heavy (non-hydrogen) atoms. The Labute approximate surface area is 87.5 Å². The minimum Gasteiger partial charge on any atom is -0.271 e. The van der Waals surface area contributed by atoms with Gasteiger partial charge in [-0.2, -0.15) is 0 Å². The van der Waals surface area contributed by atoms with Crippen LogP contribution in [0.25, 0.3) is 0 Å². The highest BCUT2D eigenvalue weighted by Crippen LogP contribution is 1.97. The number of nitrogens with two attached hydrogens (primary N) is 1. The lowest BCUT2D eigenvalue weighted by atomic mass is 10.2. The molecule has 2 heteroatoms. The molecule has 0 aliphatic heterocycles. The quantitative estimate of drug-likeness (QED) is 0.572. The van der Waals surface area contributed by atoms with Crippen molar-refractivity contribution in [3.8, 4) is 0 Å². The van der Waals surface area contributed by atoms with Crippen molar-refractivity contribution in [1.29, 1.82) is 0 Å². The molecule has 0 atom stereocenters. The highest BCUT2D eigenvalue weighted by molar-refractivity contribution is 5.14. The average molecular weight is 194 g/mol. The largest absolute Gasteiger partial charge is 0.271 e. The number of hydrogen-bond donors (Lipinski definition) is 2. The van der Waals surface area contributed by atoms with E-state index in [2.05, 4.69) is 38.3 Å².